The number of halogens is 2. The van der Waals surface area contributed by atoms with Gasteiger partial charge in [0.1, 0.15) is 9.85 Å². The van der Waals surface area contributed by atoms with Crippen molar-refractivity contribution < 1.29 is 4.79 Å². The predicted octanol–water partition coefficient (Wildman–Crippen LogP) is 2.66. The molecule has 0 radical (unpaired) electrons. The minimum Gasteiger partial charge on any atom is -0.272 e. The molecule has 0 amide bonds. The van der Waals surface area contributed by atoms with Gasteiger partial charge >= 0.3 is 0 Å². The third-order valence-electron chi connectivity index (χ3n) is 3.27. The van der Waals surface area contributed by atoms with E-state index in [1.807, 2.05) is 12.1 Å². The van der Waals surface area contributed by atoms with E-state index in [4.69, 9.17) is 23.2 Å². The van der Waals surface area contributed by atoms with Gasteiger partial charge in [0.2, 0.25) is 0 Å². The van der Waals surface area contributed by atoms with Crippen LogP contribution in [-0.4, -0.2) is 25.2 Å². The highest BCUT2D eigenvalue weighted by molar-refractivity contribution is 6.53. The number of hydrogen-bond donors (Lipinski definition) is 0. The van der Waals surface area contributed by atoms with Crippen LogP contribution in [0.1, 0.15) is 18.1 Å². The van der Waals surface area contributed by atoms with Crippen LogP contribution >= 0.6 is 23.2 Å². The summed E-state index contributed by atoms with van der Waals surface area (Å²) in [5.41, 5.74) is 0.585. The van der Waals surface area contributed by atoms with Crippen molar-refractivity contribution in [2.75, 3.05) is 0 Å². The van der Waals surface area contributed by atoms with E-state index in [2.05, 4.69) is 10.3 Å². The molecule has 6 heteroatoms. The molecule has 1 saturated carbocycles. The molecule has 0 saturated heterocycles. The quantitative estimate of drug-likeness (QED) is 0.748. The third kappa shape index (κ3) is 1.40. The minimum absolute atomic E-state index is 0.212. The zero-order valence-electron chi connectivity index (χ0n) is 9.02. The molecule has 1 atom stereocenters. The number of hydrogen-bond acceptors (Lipinski definition) is 3. The molecule has 1 aromatic carbocycles. The molecule has 0 spiro atoms. The number of aromatic nitrogens is 3. The van der Waals surface area contributed by atoms with Gasteiger partial charge in [0.25, 0.3) is 5.91 Å². The SMILES string of the molecule is C[C@@]1(C(=O)n2nnc3ccccc32)CC1(Cl)Cl. The van der Waals surface area contributed by atoms with E-state index in [1.54, 1.807) is 19.1 Å². The number of nitrogens with zero attached hydrogens (tertiary/aromatic N) is 3. The topological polar surface area (TPSA) is 47.8 Å². The fraction of sp³-hybridized carbons (Fsp3) is 0.364. The van der Waals surface area contributed by atoms with Gasteiger partial charge in [-0.05, 0) is 25.5 Å². The summed E-state index contributed by atoms with van der Waals surface area (Å²) in [6, 6.07) is 7.27. The molecule has 4 nitrogen and oxygen atoms in total. The first-order valence-electron chi connectivity index (χ1n) is 5.19. The van der Waals surface area contributed by atoms with Crippen LogP contribution in [0.5, 0.6) is 0 Å². The van der Waals surface area contributed by atoms with Crippen molar-refractivity contribution in [3.63, 3.8) is 0 Å². The predicted molar refractivity (Wildman–Crippen MR) is 65.3 cm³/mol. The van der Waals surface area contributed by atoms with Crippen LogP contribution < -0.4 is 0 Å². The van der Waals surface area contributed by atoms with Crippen molar-refractivity contribution in [2.24, 2.45) is 5.41 Å². The third-order valence-corrected chi connectivity index (χ3v) is 4.38. The van der Waals surface area contributed by atoms with Crippen LogP contribution in [0, 0.1) is 5.41 Å². The average molecular weight is 270 g/mol. The van der Waals surface area contributed by atoms with Gasteiger partial charge in [-0.25, -0.2) is 0 Å². The lowest BCUT2D eigenvalue weighted by atomic mass is 10.1. The summed E-state index contributed by atoms with van der Waals surface area (Å²) in [5.74, 6) is -0.212. The monoisotopic (exact) mass is 269 g/mol. The average Bonchev–Trinajstić information content (AvgIpc) is 2.67. The fourth-order valence-corrected chi connectivity index (χ4v) is 2.58. The maximum atomic E-state index is 12.3. The van der Waals surface area contributed by atoms with Crippen molar-refractivity contribution in [2.45, 2.75) is 17.7 Å². The Bertz CT molecular complexity index is 622. The van der Waals surface area contributed by atoms with Crippen molar-refractivity contribution in [1.29, 1.82) is 0 Å². The molecule has 1 aromatic heterocycles. The van der Waals surface area contributed by atoms with Crippen molar-refractivity contribution in [1.82, 2.24) is 15.0 Å². The van der Waals surface area contributed by atoms with Crippen molar-refractivity contribution in [3.05, 3.63) is 24.3 Å². The maximum absolute atomic E-state index is 12.3. The molecule has 1 fully saturated rings. The maximum Gasteiger partial charge on any atom is 0.257 e. The molecule has 2 aromatic rings. The van der Waals surface area contributed by atoms with Crippen LogP contribution in [0.25, 0.3) is 11.0 Å². The summed E-state index contributed by atoms with van der Waals surface area (Å²) in [4.78, 5) is 12.3. The van der Waals surface area contributed by atoms with E-state index in [1.165, 1.54) is 4.68 Å². The first-order chi connectivity index (χ1) is 7.96. The van der Waals surface area contributed by atoms with Gasteiger partial charge in [-0.2, -0.15) is 4.68 Å². The van der Waals surface area contributed by atoms with Crippen LogP contribution in [0.3, 0.4) is 0 Å². The van der Waals surface area contributed by atoms with Crippen LogP contribution in [0.2, 0.25) is 0 Å². The van der Waals surface area contributed by atoms with E-state index in [0.29, 0.717) is 17.5 Å². The van der Waals surface area contributed by atoms with E-state index < -0.39 is 9.75 Å². The minimum atomic E-state index is -0.989. The molecule has 17 heavy (non-hydrogen) atoms. The molecular weight excluding hydrogens is 261 g/mol. The smallest absolute Gasteiger partial charge is 0.257 e. The molecule has 0 aliphatic heterocycles. The number of rotatable bonds is 1. The lowest BCUT2D eigenvalue weighted by Gasteiger charge is -2.10. The lowest BCUT2D eigenvalue weighted by Crippen LogP contribution is -2.26. The molecule has 0 bridgehead atoms. The Morgan fingerprint density at radius 3 is 2.71 bits per heavy atom. The number of fused-ring (bicyclic) bond motifs is 1. The summed E-state index contributed by atoms with van der Waals surface area (Å²) < 4.78 is 0.291. The van der Waals surface area contributed by atoms with Gasteiger partial charge in [-0.3, -0.25) is 4.79 Å². The number of para-hydroxylation sites is 1. The Morgan fingerprint density at radius 2 is 2.06 bits per heavy atom. The Morgan fingerprint density at radius 1 is 1.41 bits per heavy atom. The van der Waals surface area contributed by atoms with E-state index in [-0.39, 0.29) is 5.91 Å². The highest BCUT2D eigenvalue weighted by atomic mass is 35.5. The summed E-state index contributed by atoms with van der Waals surface area (Å²) in [6.07, 6.45) is 0.441. The normalized spacial score (nSPS) is 26.1. The van der Waals surface area contributed by atoms with E-state index in [9.17, 15) is 4.79 Å². The summed E-state index contributed by atoms with van der Waals surface area (Å²) >= 11 is 12.0. The molecule has 3 rings (SSSR count). The van der Waals surface area contributed by atoms with Crippen LogP contribution in [0.4, 0.5) is 0 Å². The Balaban J connectivity index is 2.09. The Hall–Kier alpha value is -1.13. The van der Waals surface area contributed by atoms with Gasteiger partial charge in [0.05, 0.1) is 10.9 Å². The zero-order chi connectivity index (χ0) is 12.3. The number of alkyl halides is 2. The standard InChI is InChI=1S/C11H9Cl2N3O/c1-10(6-11(10,12)13)9(17)16-8-5-3-2-4-7(8)14-15-16/h2-5H,6H2,1H3/t10-/m0/s1. The van der Waals surface area contributed by atoms with Crippen LogP contribution in [-0.2, 0) is 0 Å². The molecular formula is C11H9Cl2N3O. The molecule has 1 aliphatic carbocycles. The zero-order valence-corrected chi connectivity index (χ0v) is 10.5. The largest absolute Gasteiger partial charge is 0.272 e. The number of carbonyl (C=O) groups is 1. The van der Waals surface area contributed by atoms with Gasteiger partial charge in [-0.1, -0.05) is 17.3 Å². The number of benzene rings is 1. The molecule has 1 aliphatic rings. The summed E-state index contributed by atoms with van der Waals surface area (Å²) in [5, 5.41) is 7.80. The second-order valence-corrected chi connectivity index (χ2v) is 5.99. The second kappa shape index (κ2) is 3.21. The van der Waals surface area contributed by atoms with Gasteiger partial charge in [0, 0.05) is 0 Å². The van der Waals surface area contributed by atoms with Crippen molar-refractivity contribution in [3.8, 4) is 0 Å². The lowest BCUT2D eigenvalue weighted by molar-refractivity contribution is 0.0810. The van der Waals surface area contributed by atoms with E-state index in [0.717, 1.165) is 0 Å². The first kappa shape index (κ1) is 11.0. The number of carbonyl (C=O) groups excluding carboxylic acids is 1. The highest BCUT2D eigenvalue weighted by Crippen LogP contribution is 2.64. The first-order valence-corrected chi connectivity index (χ1v) is 5.94. The second-order valence-electron chi connectivity index (χ2n) is 4.51. The molecule has 88 valence electrons. The Kier molecular flexibility index (Phi) is 2.07. The van der Waals surface area contributed by atoms with Crippen molar-refractivity contribution >= 4 is 40.1 Å². The van der Waals surface area contributed by atoms with Gasteiger partial charge < -0.3 is 0 Å². The van der Waals surface area contributed by atoms with Gasteiger partial charge in [0.15, 0.2) is 0 Å². The summed E-state index contributed by atoms with van der Waals surface area (Å²) in [7, 11) is 0. The van der Waals surface area contributed by atoms with Crippen LogP contribution in [0.15, 0.2) is 24.3 Å². The summed E-state index contributed by atoms with van der Waals surface area (Å²) in [6.45, 7) is 1.74. The molecule has 0 unspecified atom stereocenters. The van der Waals surface area contributed by atoms with Gasteiger partial charge in [-0.15, -0.1) is 28.3 Å². The molecule has 1 heterocycles. The highest BCUT2D eigenvalue weighted by Gasteiger charge is 2.68. The fourth-order valence-electron chi connectivity index (χ4n) is 1.88. The Labute approximate surface area is 107 Å². The van der Waals surface area contributed by atoms with E-state index >= 15 is 0 Å². The molecule has 0 N–H and O–H groups in total.